The van der Waals surface area contributed by atoms with Gasteiger partial charge in [0, 0.05) is 6.92 Å². The Labute approximate surface area is 58.3 Å². The second kappa shape index (κ2) is 3.00. The van der Waals surface area contributed by atoms with Gasteiger partial charge >= 0.3 is 0 Å². The van der Waals surface area contributed by atoms with Crippen LogP contribution in [0.1, 0.15) is 12.8 Å². The van der Waals surface area contributed by atoms with Crippen molar-refractivity contribution < 1.29 is 9.21 Å². The first-order chi connectivity index (χ1) is 4.79. The molecular weight excluding hydrogens is 132 g/mol. The van der Waals surface area contributed by atoms with E-state index in [1.165, 1.54) is 19.4 Å². The number of hydrogen-bond donors (Lipinski definition) is 1. The highest BCUT2D eigenvalue weighted by molar-refractivity contribution is 5.72. The predicted octanol–water partition coefficient (Wildman–Crippen LogP) is 0.311. The highest BCUT2D eigenvalue weighted by atomic mass is 16.3. The Kier molecular flexibility index (Phi) is 2.04. The van der Waals surface area contributed by atoms with Crippen molar-refractivity contribution >= 4 is 5.91 Å². The molecule has 1 amide bonds. The molecule has 1 aromatic heterocycles. The lowest BCUT2D eigenvalue weighted by atomic mass is 10.6. The highest BCUT2D eigenvalue weighted by Crippen LogP contribution is 1.91. The van der Waals surface area contributed by atoms with Crippen molar-refractivity contribution in [3.05, 3.63) is 18.4 Å². The third-order valence-corrected chi connectivity index (χ3v) is 0.972. The minimum atomic E-state index is -0.0850. The largest absolute Gasteiger partial charge is 0.447 e. The van der Waals surface area contributed by atoms with Gasteiger partial charge in [-0.2, -0.15) is 0 Å². The highest BCUT2D eigenvalue weighted by Gasteiger charge is 1.96. The van der Waals surface area contributed by atoms with E-state index in [9.17, 15) is 4.79 Å². The molecule has 1 aromatic rings. The van der Waals surface area contributed by atoms with Gasteiger partial charge in [-0.15, -0.1) is 0 Å². The van der Waals surface area contributed by atoms with E-state index in [-0.39, 0.29) is 5.91 Å². The van der Waals surface area contributed by atoms with Crippen LogP contribution < -0.4 is 5.32 Å². The Morgan fingerprint density at radius 3 is 3.20 bits per heavy atom. The van der Waals surface area contributed by atoms with Crippen LogP contribution in [0.3, 0.4) is 0 Å². The number of oxazole rings is 1. The van der Waals surface area contributed by atoms with E-state index in [2.05, 4.69) is 10.3 Å². The van der Waals surface area contributed by atoms with Crippen LogP contribution in [-0.4, -0.2) is 10.9 Å². The van der Waals surface area contributed by atoms with Crippen LogP contribution in [0.15, 0.2) is 16.9 Å². The number of carbonyl (C=O) groups is 1. The molecule has 54 valence electrons. The molecule has 10 heavy (non-hydrogen) atoms. The van der Waals surface area contributed by atoms with Crippen LogP contribution in [0.4, 0.5) is 0 Å². The molecule has 0 radical (unpaired) electrons. The number of nitrogens with zero attached hydrogens (tertiary/aromatic N) is 1. The molecule has 0 unspecified atom stereocenters. The number of nitrogens with one attached hydrogen (secondary N) is 1. The van der Waals surface area contributed by atoms with Crippen molar-refractivity contribution in [2.24, 2.45) is 0 Å². The van der Waals surface area contributed by atoms with Gasteiger partial charge in [-0.1, -0.05) is 0 Å². The molecular formula is C6H8N2O2. The minimum absolute atomic E-state index is 0.0850. The van der Waals surface area contributed by atoms with Crippen LogP contribution in [0.5, 0.6) is 0 Å². The van der Waals surface area contributed by atoms with Crippen LogP contribution in [0, 0.1) is 0 Å². The average molecular weight is 140 g/mol. The van der Waals surface area contributed by atoms with Crippen molar-refractivity contribution in [2.75, 3.05) is 0 Å². The zero-order valence-corrected chi connectivity index (χ0v) is 5.63. The van der Waals surface area contributed by atoms with Crippen LogP contribution in [0.2, 0.25) is 0 Å². The fourth-order valence-corrected chi connectivity index (χ4v) is 0.540. The Morgan fingerprint density at radius 2 is 2.70 bits per heavy atom. The Hall–Kier alpha value is -1.32. The average Bonchev–Trinajstić information content (AvgIpc) is 2.34. The third kappa shape index (κ3) is 1.89. The molecule has 0 aromatic carbocycles. The number of amides is 1. The van der Waals surface area contributed by atoms with E-state index in [0.717, 1.165) is 0 Å². The molecule has 0 aliphatic carbocycles. The molecule has 1 rings (SSSR count). The topological polar surface area (TPSA) is 55.1 Å². The summed E-state index contributed by atoms with van der Waals surface area (Å²) in [6.45, 7) is 1.81. The quantitative estimate of drug-likeness (QED) is 0.643. The second-order valence-corrected chi connectivity index (χ2v) is 1.84. The van der Waals surface area contributed by atoms with Gasteiger partial charge in [0.2, 0.25) is 11.8 Å². The first-order valence-corrected chi connectivity index (χ1v) is 2.92. The summed E-state index contributed by atoms with van der Waals surface area (Å²) < 4.78 is 4.86. The molecule has 1 heterocycles. The SMILES string of the molecule is CC(=O)NCc1ncco1. The van der Waals surface area contributed by atoms with E-state index in [0.29, 0.717) is 12.4 Å². The van der Waals surface area contributed by atoms with Crippen LogP contribution in [0.25, 0.3) is 0 Å². The standard InChI is InChI=1S/C6H8N2O2/c1-5(9)8-4-6-7-2-3-10-6/h2-3H,4H2,1H3,(H,8,9). The smallest absolute Gasteiger partial charge is 0.217 e. The lowest BCUT2D eigenvalue weighted by molar-refractivity contribution is -0.119. The van der Waals surface area contributed by atoms with E-state index in [1.807, 2.05) is 0 Å². The van der Waals surface area contributed by atoms with Crippen molar-refractivity contribution in [3.8, 4) is 0 Å². The lowest BCUT2D eigenvalue weighted by Gasteiger charge is -1.94. The van der Waals surface area contributed by atoms with Crippen LogP contribution >= 0.6 is 0 Å². The van der Waals surface area contributed by atoms with Crippen molar-refractivity contribution in [1.82, 2.24) is 10.3 Å². The Bertz CT molecular complexity index is 206. The molecule has 0 spiro atoms. The summed E-state index contributed by atoms with van der Waals surface area (Å²) in [6, 6.07) is 0. The van der Waals surface area contributed by atoms with Crippen molar-refractivity contribution in [1.29, 1.82) is 0 Å². The normalized spacial score (nSPS) is 9.30. The summed E-state index contributed by atoms with van der Waals surface area (Å²) in [5.74, 6) is 0.438. The molecule has 0 fully saturated rings. The van der Waals surface area contributed by atoms with Gasteiger partial charge in [0.1, 0.15) is 6.26 Å². The second-order valence-electron chi connectivity index (χ2n) is 1.84. The molecule has 0 atom stereocenters. The summed E-state index contributed by atoms with van der Waals surface area (Å²) in [5.41, 5.74) is 0. The van der Waals surface area contributed by atoms with Gasteiger partial charge < -0.3 is 9.73 Å². The number of carbonyl (C=O) groups excluding carboxylic acids is 1. The van der Waals surface area contributed by atoms with Gasteiger partial charge in [-0.25, -0.2) is 4.98 Å². The van der Waals surface area contributed by atoms with Gasteiger partial charge in [0.25, 0.3) is 0 Å². The van der Waals surface area contributed by atoms with Gasteiger partial charge in [-0.3, -0.25) is 4.79 Å². The molecule has 0 saturated carbocycles. The monoisotopic (exact) mass is 140 g/mol. The van der Waals surface area contributed by atoms with Gasteiger partial charge in [0.05, 0.1) is 12.7 Å². The Morgan fingerprint density at radius 1 is 1.90 bits per heavy atom. The zero-order valence-electron chi connectivity index (χ0n) is 5.63. The summed E-state index contributed by atoms with van der Waals surface area (Å²) in [5, 5.41) is 2.55. The van der Waals surface area contributed by atoms with E-state index in [4.69, 9.17) is 4.42 Å². The minimum Gasteiger partial charge on any atom is -0.447 e. The van der Waals surface area contributed by atoms with Gasteiger partial charge in [-0.05, 0) is 0 Å². The summed E-state index contributed by atoms with van der Waals surface area (Å²) in [7, 11) is 0. The predicted molar refractivity (Wildman–Crippen MR) is 34.0 cm³/mol. The number of hydrogen-bond acceptors (Lipinski definition) is 3. The molecule has 1 N–H and O–H groups in total. The van der Waals surface area contributed by atoms with Crippen LogP contribution in [-0.2, 0) is 11.3 Å². The molecule has 0 aliphatic rings. The maximum Gasteiger partial charge on any atom is 0.217 e. The van der Waals surface area contributed by atoms with Crippen molar-refractivity contribution in [2.45, 2.75) is 13.5 Å². The lowest BCUT2D eigenvalue weighted by Crippen LogP contribution is -2.18. The summed E-state index contributed by atoms with van der Waals surface area (Å²) in [6.07, 6.45) is 3.01. The summed E-state index contributed by atoms with van der Waals surface area (Å²) >= 11 is 0. The Balaban J connectivity index is 2.35. The third-order valence-electron chi connectivity index (χ3n) is 0.972. The summed E-state index contributed by atoms with van der Waals surface area (Å²) in [4.78, 5) is 14.2. The zero-order chi connectivity index (χ0) is 7.40. The van der Waals surface area contributed by atoms with E-state index in [1.54, 1.807) is 0 Å². The first-order valence-electron chi connectivity index (χ1n) is 2.92. The molecule has 0 bridgehead atoms. The molecule has 0 saturated heterocycles. The van der Waals surface area contributed by atoms with Crippen molar-refractivity contribution in [3.63, 3.8) is 0 Å². The number of aromatic nitrogens is 1. The maximum absolute atomic E-state index is 10.4. The van der Waals surface area contributed by atoms with E-state index >= 15 is 0 Å². The fraction of sp³-hybridized carbons (Fsp3) is 0.333. The van der Waals surface area contributed by atoms with Gasteiger partial charge in [0.15, 0.2) is 0 Å². The van der Waals surface area contributed by atoms with E-state index < -0.39 is 0 Å². The molecule has 4 nitrogen and oxygen atoms in total. The number of rotatable bonds is 2. The first kappa shape index (κ1) is 6.80. The molecule has 4 heteroatoms. The molecule has 0 aliphatic heterocycles. The maximum atomic E-state index is 10.4. The fourth-order valence-electron chi connectivity index (χ4n) is 0.540.